The van der Waals surface area contributed by atoms with Gasteiger partial charge in [0, 0.05) is 16.4 Å². The van der Waals surface area contributed by atoms with Gasteiger partial charge in [-0.25, -0.2) is 5.43 Å². The molecule has 1 amide bonds. The molecule has 1 aliphatic heterocycles. The molecular weight excluding hydrogens is 266 g/mol. The summed E-state index contributed by atoms with van der Waals surface area (Å²) in [5.74, 6) is 2.31. The summed E-state index contributed by atoms with van der Waals surface area (Å²) in [6, 6.07) is 2.05. The zero-order chi connectivity index (χ0) is 12.8. The van der Waals surface area contributed by atoms with Crippen molar-refractivity contribution < 1.29 is 9.69 Å². The highest BCUT2D eigenvalue weighted by atomic mass is 32.2. The van der Waals surface area contributed by atoms with Crippen LogP contribution in [0, 0.1) is 6.92 Å². The van der Waals surface area contributed by atoms with Gasteiger partial charge in [-0.2, -0.15) is 16.9 Å². The third kappa shape index (κ3) is 4.12. The van der Waals surface area contributed by atoms with Gasteiger partial charge in [-0.1, -0.05) is 0 Å². The summed E-state index contributed by atoms with van der Waals surface area (Å²) in [5.41, 5.74) is 3.80. The van der Waals surface area contributed by atoms with Gasteiger partial charge >= 0.3 is 0 Å². The molecule has 18 heavy (non-hydrogen) atoms. The smallest absolute Gasteiger partial charge is 0.295 e. The second-order valence-electron chi connectivity index (χ2n) is 4.30. The Bertz CT molecular complexity index is 425. The number of carbonyl (C=O) groups excluding carboxylic acids is 1. The standard InChI is InChI=1S/C12H17N3OS2/c1-10-2-5-18-11(10)8-13-14-12(16)9-15-3-6-17-7-4-15/h2,5,8H,3-4,6-7,9H2,1H3,(H,14,16)/p+1/b13-8-. The van der Waals surface area contributed by atoms with Crippen molar-refractivity contribution in [3.8, 4) is 0 Å². The van der Waals surface area contributed by atoms with Crippen LogP contribution in [0.3, 0.4) is 0 Å². The number of nitrogens with one attached hydrogen (secondary N) is 2. The Labute approximate surface area is 115 Å². The van der Waals surface area contributed by atoms with Crippen molar-refractivity contribution in [2.45, 2.75) is 6.92 Å². The number of hydrogen-bond donors (Lipinski definition) is 2. The quantitative estimate of drug-likeness (QED) is 0.610. The molecule has 1 saturated heterocycles. The molecular formula is C12H18N3OS2+. The summed E-state index contributed by atoms with van der Waals surface area (Å²) in [6.45, 7) is 4.72. The number of hydrogen-bond acceptors (Lipinski definition) is 4. The molecule has 0 saturated carbocycles. The Balaban J connectivity index is 1.74. The van der Waals surface area contributed by atoms with E-state index in [0.717, 1.165) is 29.5 Å². The Morgan fingerprint density at radius 3 is 3.00 bits per heavy atom. The zero-order valence-corrected chi connectivity index (χ0v) is 12.1. The van der Waals surface area contributed by atoms with Crippen LogP contribution in [0.2, 0.25) is 0 Å². The number of carbonyl (C=O) groups is 1. The monoisotopic (exact) mass is 284 g/mol. The van der Waals surface area contributed by atoms with Crippen molar-refractivity contribution in [1.82, 2.24) is 5.43 Å². The first-order valence-electron chi connectivity index (χ1n) is 6.03. The fraction of sp³-hybridized carbons (Fsp3) is 0.500. The average molecular weight is 284 g/mol. The normalized spacial score (nSPS) is 17.2. The summed E-state index contributed by atoms with van der Waals surface area (Å²) in [7, 11) is 0. The van der Waals surface area contributed by atoms with Crippen molar-refractivity contribution in [3.63, 3.8) is 0 Å². The summed E-state index contributed by atoms with van der Waals surface area (Å²) < 4.78 is 0. The van der Waals surface area contributed by atoms with E-state index in [1.165, 1.54) is 10.5 Å². The number of amides is 1. The molecule has 2 N–H and O–H groups in total. The molecule has 0 unspecified atom stereocenters. The highest BCUT2D eigenvalue weighted by Crippen LogP contribution is 2.12. The van der Waals surface area contributed by atoms with Gasteiger partial charge in [-0.15, -0.1) is 11.3 Å². The second-order valence-corrected chi connectivity index (χ2v) is 6.47. The lowest BCUT2D eigenvalue weighted by atomic mass is 10.3. The molecule has 0 aromatic carbocycles. The van der Waals surface area contributed by atoms with Gasteiger partial charge in [0.25, 0.3) is 5.91 Å². The summed E-state index contributed by atoms with van der Waals surface area (Å²) in [5, 5.41) is 6.03. The maximum atomic E-state index is 11.7. The minimum atomic E-state index is 0.00218. The van der Waals surface area contributed by atoms with Crippen LogP contribution in [0.1, 0.15) is 10.4 Å². The van der Waals surface area contributed by atoms with E-state index < -0.39 is 0 Å². The maximum absolute atomic E-state index is 11.7. The van der Waals surface area contributed by atoms with E-state index in [4.69, 9.17) is 0 Å². The average Bonchev–Trinajstić information content (AvgIpc) is 2.76. The number of rotatable bonds is 4. The van der Waals surface area contributed by atoms with Crippen molar-refractivity contribution in [3.05, 3.63) is 21.9 Å². The molecule has 1 aromatic rings. The number of thioether (sulfide) groups is 1. The van der Waals surface area contributed by atoms with Crippen LogP contribution < -0.4 is 10.3 Å². The van der Waals surface area contributed by atoms with Crippen LogP contribution in [0.25, 0.3) is 0 Å². The van der Waals surface area contributed by atoms with Crippen LogP contribution in [-0.2, 0) is 4.79 Å². The first kappa shape index (κ1) is 13.6. The maximum Gasteiger partial charge on any atom is 0.295 e. The predicted octanol–water partition coefficient (Wildman–Crippen LogP) is 0.138. The van der Waals surface area contributed by atoms with Crippen LogP contribution in [0.5, 0.6) is 0 Å². The van der Waals surface area contributed by atoms with Gasteiger partial charge in [-0.05, 0) is 23.9 Å². The van der Waals surface area contributed by atoms with Crippen molar-refractivity contribution in [2.75, 3.05) is 31.1 Å². The Morgan fingerprint density at radius 1 is 1.56 bits per heavy atom. The summed E-state index contributed by atoms with van der Waals surface area (Å²) in [4.78, 5) is 14.1. The molecule has 0 spiro atoms. The fourth-order valence-electron chi connectivity index (χ4n) is 1.78. The van der Waals surface area contributed by atoms with Gasteiger partial charge in [0.2, 0.25) is 0 Å². The lowest BCUT2D eigenvalue weighted by Gasteiger charge is -2.21. The highest BCUT2D eigenvalue weighted by Gasteiger charge is 2.16. The van der Waals surface area contributed by atoms with Gasteiger partial charge in [0.05, 0.1) is 19.3 Å². The van der Waals surface area contributed by atoms with Crippen molar-refractivity contribution >= 4 is 35.2 Å². The molecule has 2 rings (SSSR count). The van der Waals surface area contributed by atoms with Crippen molar-refractivity contribution in [2.24, 2.45) is 5.10 Å². The van der Waals surface area contributed by atoms with Gasteiger partial charge < -0.3 is 4.90 Å². The molecule has 0 atom stereocenters. The molecule has 6 heteroatoms. The molecule has 0 radical (unpaired) electrons. The second kappa shape index (κ2) is 6.92. The third-order valence-electron chi connectivity index (χ3n) is 2.88. The third-order valence-corrected chi connectivity index (χ3v) is 4.82. The molecule has 4 nitrogen and oxygen atoms in total. The lowest BCUT2D eigenvalue weighted by Crippen LogP contribution is -3.14. The van der Waals surface area contributed by atoms with E-state index in [2.05, 4.69) is 10.5 Å². The molecule has 1 fully saturated rings. The van der Waals surface area contributed by atoms with Gasteiger partial charge in [0.1, 0.15) is 0 Å². The number of nitrogens with zero attached hydrogens (tertiary/aromatic N) is 1. The van der Waals surface area contributed by atoms with E-state index in [0.29, 0.717) is 6.54 Å². The minimum absolute atomic E-state index is 0.00218. The number of quaternary nitrogens is 1. The number of hydrazone groups is 1. The van der Waals surface area contributed by atoms with Gasteiger partial charge in [0.15, 0.2) is 6.54 Å². The zero-order valence-electron chi connectivity index (χ0n) is 10.4. The molecule has 2 heterocycles. The van der Waals surface area contributed by atoms with Crippen molar-refractivity contribution in [1.29, 1.82) is 0 Å². The Kier molecular flexibility index (Phi) is 5.22. The summed E-state index contributed by atoms with van der Waals surface area (Å²) >= 11 is 3.59. The first-order chi connectivity index (χ1) is 8.75. The van der Waals surface area contributed by atoms with Gasteiger partial charge in [-0.3, -0.25) is 4.79 Å². The van der Waals surface area contributed by atoms with Crippen LogP contribution in [0.15, 0.2) is 16.5 Å². The molecule has 1 aromatic heterocycles. The van der Waals surface area contributed by atoms with E-state index in [9.17, 15) is 4.79 Å². The topological polar surface area (TPSA) is 45.9 Å². The SMILES string of the molecule is Cc1ccsc1/C=N\NC(=O)C[NH+]1CCSCC1. The molecule has 1 aliphatic rings. The van der Waals surface area contributed by atoms with E-state index >= 15 is 0 Å². The van der Waals surface area contributed by atoms with E-state index in [1.807, 2.05) is 30.1 Å². The van der Waals surface area contributed by atoms with Crippen LogP contribution in [-0.4, -0.2) is 43.3 Å². The molecule has 0 aliphatic carbocycles. The highest BCUT2D eigenvalue weighted by molar-refractivity contribution is 7.99. The van der Waals surface area contributed by atoms with Crippen LogP contribution >= 0.6 is 23.1 Å². The number of aryl methyl sites for hydroxylation is 1. The predicted molar refractivity (Wildman–Crippen MR) is 77.7 cm³/mol. The Hall–Kier alpha value is -0.850. The largest absolute Gasteiger partial charge is 0.326 e. The lowest BCUT2D eigenvalue weighted by molar-refractivity contribution is -0.888. The Morgan fingerprint density at radius 2 is 2.33 bits per heavy atom. The summed E-state index contributed by atoms with van der Waals surface area (Å²) in [6.07, 6.45) is 1.72. The molecule has 0 bridgehead atoms. The molecule has 98 valence electrons. The number of thiophene rings is 1. The van der Waals surface area contributed by atoms with E-state index in [-0.39, 0.29) is 5.91 Å². The fourth-order valence-corrected chi connectivity index (χ4v) is 3.64. The van der Waals surface area contributed by atoms with Crippen LogP contribution in [0.4, 0.5) is 0 Å². The minimum Gasteiger partial charge on any atom is -0.326 e. The van der Waals surface area contributed by atoms with E-state index in [1.54, 1.807) is 17.6 Å². The first-order valence-corrected chi connectivity index (χ1v) is 8.06.